The van der Waals surface area contributed by atoms with Gasteiger partial charge in [0.05, 0.1) is 11.9 Å². The molecule has 0 aliphatic carbocycles. The summed E-state index contributed by atoms with van der Waals surface area (Å²) in [6.45, 7) is 4.49. The number of carbonyl (C=O) groups is 1. The molecule has 0 saturated carbocycles. The molecule has 1 aliphatic heterocycles. The lowest BCUT2D eigenvalue weighted by Gasteiger charge is -2.21. The van der Waals surface area contributed by atoms with Crippen LogP contribution in [-0.2, 0) is 21.4 Å². The lowest BCUT2D eigenvalue weighted by molar-refractivity contribution is -0.128. The van der Waals surface area contributed by atoms with Gasteiger partial charge < -0.3 is 10.1 Å². The number of carbonyl (C=O) groups excluding carboxylic acids is 1. The molecule has 0 bridgehead atoms. The number of ether oxygens (including phenoxy) is 1. The van der Waals surface area contributed by atoms with E-state index in [-0.39, 0.29) is 18.9 Å². The number of rotatable bonds is 4. The van der Waals surface area contributed by atoms with Gasteiger partial charge in [-0.15, -0.1) is 0 Å². The highest BCUT2D eigenvalue weighted by molar-refractivity contribution is 7.92. The van der Waals surface area contributed by atoms with Crippen molar-refractivity contribution in [2.24, 2.45) is 0 Å². The molecule has 0 fully saturated rings. The molecule has 2 aromatic carbocycles. The van der Waals surface area contributed by atoms with Gasteiger partial charge in [-0.2, -0.15) is 0 Å². The fourth-order valence-electron chi connectivity index (χ4n) is 3.03. The van der Waals surface area contributed by atoms with Gasteiger partial charge in [0.25, 0.3) is 5.91 Å². The minimum absolute atomic E-state index is 0.192. The summed E-state index contributed by atoms with van der Waals surface area (Å²) in [4.78, 5) is 12.6. The van der Waals surface area contributed by atoms with Crippen molar-refractivity contribution in [2.75, 3.05) is 17.1 Å². The number of aryl methyl sites for hydroxylation is 2. The Bertz CT molecular complexity index is 939. The van der Waals surface area contributed by atoms with Crippen LogP contribution in [-0.4, -0.2) is 33.2 Å². The van der Waals surface area contributed by atoms with Crippen LogP contribution in [0.3, 0.4) is 0 Å². The minimum atomic E-state index is -3.47. The van der Waals surface area contributed by atoms with E-state index in [4.69, 9.17) is 4.74 Å². The maximum atomic E-state index is 12.6. The quantitative estimate of drug-likeness (QED) is 0.873. The van der Waals surface area contributed by atoms with Gasteiger partial charge in [-0.25, -0.2) is 8.42 Å². The predicted molar refractivity (Wildman–Crippen MR) is 105 cm³/mol. The van der Waals surface area contributed by atoms with Crippen molar-refractivity contribution in [3.8, 4) is 5.75 Å². The number of benzene rings is 2. The van der Waals surface area contributed by atoms with E-state index in [0.29, 0.717) is 18.0 Å². The molecule has 0 unspecified atom stereocenters. The summed E-state index contributed by atoms with van der Waals surface area (Å²) in [6.07, 6.45) is 0.695. The van der Waals surface area contributed by atoms with E-state index in [2.05, 4.69) is 5.32 Å². The van der Waals surface area contributed by atoms with Crippen molar-refractivity contribution in [1.29, 1.82) is 0 Å². The number of amides is 1. The summed E-state index contributed by atoms with van der Waals surface area (Å²) >= 11 is 0. The van der Waals surface area contributed by atoms with E-state index < -0.39 is 16.1 Å². The number of anilines is 1. The van der Waals surface area contributed by atoms with Crippen molar-refractivity contribution < 1.29 is 17.9 Å². The molecule has 7 heteroatoms. The normalized spacial score (nSPS) is 16.9. The molecule has 1 atom stereocenters. The Morgan fingerprint density at radius 2 is 1.81 bits per heavy atom. The molecule has 3 rings (SSSR count). The van der Waals surface area contributed by atoms with Crippen LogP contribution in [0.4, 0.5) is 5.69 Å². The maximum absolute atomic E-state index is 12.6. The zero-order valence-corrected chi connectivity index (χ0v) is 16.5. The van der Waals surface area contributed by atoms with Crippen LogP contribution < -0.4 is 14.4 Å². The molecule has 0 spiro atoms. The van der Waals surface area contributed by atoms with Gasteiger partial charge in [0, 0.05) is 19.5 Å². The topological polar surface area (TPSA) is 75.7 Å². The second-order valence-corrected chi connectivity index (χ2v) is 8.81. The highest BCUT2D eigenvalue weighted by Gasteiger charge is 2.31. The van der Waals surface area contributed by atoms with Gasteiger partial charge >= 0.3 is 0 Å². The molecular weight excluding hydrogens is 364 g/mol. The average molecular weight is 388 g/mol. The molecule has 1 heterocycles. The van der Waals surface area contributed by atoms with Crippen LogP contribution in [0.25, 0.3) is 0 Å². The first-order valence-electron chi connectivity index (χ1n) is 8.82. The van der Waals surface area contributed by atoms with Crippen molar-refractivity contribution in [3.05, 3.63) is 59.2 Å². The molecule has 144 valence electrons. The molecule has 0 aromatic heterocycles. The number of hydrogen-bond donors (Lipinski definition) is 1. The Balaban J connectivity index is 1.77. The van der Waals surface area contributed by atoms with Gasteiger partial charge in [0.2, 0.25) is 10.0 Å². The zero-order chi connectivity index (χ0) is 19.6. The van der Waals surface area contributed by atoms with Crippen LogP contribution in [0.5, 0.6) is 5.75 Å². The fraction of sp³-hybridized carbons (Fsp3) is 0.350. The summed E-state index contributed by atoms with van der Waals surface area (Å²) in [5, 5.41) is 2.88. The second kappa shape index (κ2) is 7.60. The van der Waals surface area contributed by atoms with Crippen LogP contribution >= 0.6 is 0 Å². The van der Waals surface area contributed by atoms with E-state index in [1.807, 2.05) is 44.2 Å². The highest BCUT2D eigenvalue weighted by Crippen LogP contribution is 2.35. The summed E-state index contributed by atoms with van der Waals surface area (Å²) in [6, 6.07) is 13.2. The number of nitrogens with one attached hydrogen (secondary N) is 1. The average Bonchev–Trinajstić information content (AvgIpc) is 2.80. The van der Waals surface area contributed by atoms with E-state index in [1.165, 1.54) is 4.31 Å². The molecule has 0 radical (unpaired) electrons. The van der Waals surface area contributed by atoms with Gasteiger partial charge in [0.1, 0.15) is 5.75 Å². The molecule has 27 heavy (non-hydrogen) atoms. The van der Waals surface area contributed by atoms with Crippen LogP contribution in [0, 0.1) is 13.8 Å². The molecule has 6 nitrogen and oxygen atoms in total. The molecule has 1 aliphatic rings. The van der Waals surface area contributed by atoms with Gasteiger partial charge in [-0.3, -0.25) is 9.10 Å². The van der Waals surface area contributed by atoms with Crippen molar-refractivity contribution >= 4 is 21.6 Å². The minimum Gasteiger partial charge on any atom is -0.478 e. The van der Waals surface area contributed by atoms with Crippen LogP contribution in [0.1, 0.15) is 23.1 Å². The van der Waals surface area contributed by atoms with E-state index in [9.17, 15) is 13.2 Å². The third-order valence-electron chi connectivity index (χ3n) is 4.53. The van der Waals surface area contributed by atoms with Crippen molar-refractivity contribution in [3.63, 3.8) is 0 Å². The van der Waals surface area contributed by atoms with Crippen molar-refractivity contribution in [1.82, 2.24) is 5.32 Å². The fourth-order valence-corrected chi connectivity index (χ4v) is 3.96. The van der Waals surface area contributed by atoms with E-state index >= 15 is 0 Å². The Hall–Kier alpha value is -2.54. The Kier molecular flexibility index (Phi) is 5.41. The molecule has 0 saturated heterocycles. The number of nitrogens with zero attached hydrogens (tertiary/aromatic N) is 1. The molecular formula is C20H24N2O4S. The van der Waals surface area contributed by atoms with Gasteiger partial charge in [-0.05, 0) is 37.1 Å². The third-order valence-corrected chi connectivity index (χ3v) is 5.71. The molecule has 1 N–H and O–H groups in total. The standard InChI is InChI=1S/C20H24N2O4S/c1-14-4-7-16(8-5-14)13-21-20(23)19-10-11-22(27(3,24)25)17-12-15(2)6-9-18(17)26-19/h4-9,12,19H,10-11,13H2,1-3H3,(H,21,23)/t19-/m0/s1. The first-order chi connectivity index (χ1) is 12.7. The lowest BCUT2D eigenvalue weighted by atomic mass is 10.1. The predicted octanol–water partition coefficient (Wildman–Crippen LogP) is 2.54. The largest absolute Gasteiger partial charge is 0.478 e. The number of fused-ring (bicyclic) bond motifs is 1. The first kappa shape index (κ1) is 19.2. The first-order valence-corrected chi connectivity index (χ1v) is 10.7. The molecule has 2 aromatic rings. The second-order valence-electron chi connectivity index (χ2n) is 6.90. The number of hydrogen-bond acceptors (Lipinski definition) is 4. The van der Waals surface area contributed by atoms with Crippen LogP contribution in [0.15, 0.2) is 42.5 Å². The Labute approximate surface area is 160 Å². The summed E-state index contributed by atoms with van der Waals surface area (Å²) in [5.74, 6) is 0.150. The SMILES string of the molecule is Cc1ccc(CNC(=O)[C@@H]2CCN(S(C)(=O)=O)c3cc(C)ccc3O2)cc1. The Morgan fingerprint density at radius 3 is 2.48 bits per heavy atom. The maximum Gasteiger partial charge on any atom is 0.261 e. The summed E-state index contributed by atoms with van der Waals surface area (Å²) in [7, 11) is -3.47. The monoisotopic (exact) mass is 388 g/mol. The van der Waals surface area contributed by atoms with Crippen molar-refractivity contribution in [2.45, 2.75) is 32.9 Å². The highest BCUT2D eigenvalue weighted by atomic mass is 32.2. The van der Waals surface area contributed by atoms with Gasteiger partial charge in [-0.1, -0.05) is 35.9 Å². The van der Waals surface area contributed by atoms with Crippen LogP contribution in [0.2, 0.25) is 0 Å². The molecule has 1 amide bonds. The summed E-state index contributed by atoms with van der Waals surface area (Å²) in [5.41, 5.74) is 3.56. The smallest absolute Gasteiger partial charge is 0.261 e. The van der Waals surface area contributed by atoms with Gasteiger partial charge in [0.15, 0.2) is 6.10 Å². The third kappa shape index (κ3) is 4.60. The van der Waals surface area contributed by atoms with E-state index in [0.717, 1.165) is 22.9 Å². The Morgan fingerprint density at radius 1 is 1.15 bits per heavy atom. The zero-order valence-electron chi connectivity index (χ0n) is 15.7. The summed E-state index contributed by atoms with van der Waals surface area (Å²) < 4.78 is 31.6. The lowest BCUT2D eigenvalue weighted by Crippen LogP contribution is -2.39. The van der Waals surface area contributed by atoms with E-state index in [1.54, 1.807) is 12.1 Å². The number of sulfonamides is 1.